The number of sulfone groups is 1. The Labute approximate surface area is 111 Å². The van der Waals surface area contributed by atoms with Gasteiger partial charge in [-0.3, -0.25) is 14.5 Å². The molecule has 2 aliphatic heterocycles. The summed E-state index contributed by atoms with van der Waals surface area (Å²) in [5.41, 5.74) is 0. The lowest BCUT2D eigenvalue weighted by Gasteiger charge is -2.23. The Bertz CT molecular complexity index is 578. The molecule has 0 aromatic rings. The summed E-state index contributed by atoms with van der Waals surface area (Å²) in [4.78, 5) is 26.0. The van der Waals surface area contributed by atoms with Gasteiger partial charge in [0.25, 0.3) is 0 Å². The van der Waals surface area contributed by atoms with Crippen LogP contribution in [0.4, 0.5) is 0 Å². The van der Waals surface area contributed by atoms with Crippen LogP contribution in [0.5, 0.6) is 0 Å². The highest BCUT2D eigenvalue weighted by Crippen LogP contribution is 2.53. The van der Waals surface area contributed by atoms with E-state index in [9.17, 15) is 18.0 Å². The fraction of sp³-hybridized carbons (Fsp3) is 0.692. The van der Waals surface area contributed by atoms with Crippen molar-refractivity contribution in [2.75, 3.05) is 5.75 Å². The third-order valence-corrected chi connectivity index (χ3v) is 7.22. The van der Waals surface area contributed by atoms with E-state index in [-0.39, 0.29) is 41.2 Å². The summed E-state index contributed by atoms with van der Waals surface area (Å²) in [6, 6.07) is 0. The van der Waals surface area contributed by atoms with E-state index in [0.717, 1.165) is 11.3 Å². The van der Waals surface area contributed by atoms with Gasteiger partial charge in [0.2, 0.25) is 11.8 Å². The van der Waals surface area contributed by atoms with Gasteiger partial charge < -0.3 is 0 Å². The molecule has 4 aliphatic rings. The van der Waals surface area contributed by atoms with Crippen molar-refractivity contribution in [3.8, 4) is 0 Å². The molecule has 6 heteroatoms. The van der Waals surface area contributed by atoms with Crippen molar-refractivity contribution >= 4 is 21.7 Å². The summed E-state index contributed by atoms with van der Waals surface area (Å²) in [6.07, 6.45) is 5.86. The molecule has 2 amide bonds. The van der Waals surface area contributed by atoms with E-state index in [0.29, 0.717) is 12.8 Å². The molecule has 0 unspecified atom stereocenters. The van der Waals surface area contributed by atoms with Crippen molar-refractivity contribution < 1.29 is 18.0 Å². The monoisotopic (exact) mass is 281 g/mol. The van der Waals surface area contributed by atoms with Gasteiger partial charge in [-0.15, -0.1) is 0 Å². The first-order valence-electron chi connectivity index (χ1n) is 6.77. The van der Waals surface area contributed by atoms with Crippen molar-refractivity contribution in [3.63, 3.8) is 0 Å². The van der Waals surface area contributed by atoms with E-state index in [1.165, 1.54) is 0 Å². The van der Waals surface area contributed by atoms with E-state index in [4.69, 9.17) is 0 Å². The van der Waals surface area contributed by atoms with Gasteiger partial charge in [-0.25, -0.2) is 8.42 Å². The Morgan fingerprint density at radius 3 is 2.11 bits per heavy atom. The summed E-state index contributed by atoms with van der Waals surface area (Å²) >= 11 is 0. The maximum absolute atomic E-state index is 12.5. The molecule has 0 aromatic carbocycles. The molecule has 0 N–H and O–H groups in total. The quantitative estimate of drug-likeness (QED) is 0.513. The molecule has 19 heavy (non-hydrogen) atoms. The van der Waals surface area contributed by atoms with Crippen molar-refractivity contribution in [1.29, 1.82) is 0 Å². The van der Waals surface area contributed by atoms with Crippen LogP contribution in [0.15, 0.2) is 12.2 Å². The molecule has 0 radical (unpaired) electrons. The fourth-order valence-electron chi connectivity index (χ4n) is 4.27. The van der Waals surface area contributed by atoms with E-state index >= 15 is 0 Å². The summed E-state index contributed by atoms with van der Waals surface area (Å²) in [6.45, 7) is 0. The average molecular weight is 281 g/mol. The molecule has 1 saturated carbocycles. The maximum Gasteiger partial charge on any atom is 0.234 e. The third-order valence-electron chi connectivity index (χ3n) is 5.09. The minimum absolute atomic E-state index is 0.0924. The highest BCUT2D eigenvalue weighted by Gasteiger charge is 2.61. The van der Waals surface area contributed by atoms with E-state index in [2.05, 4.69) is 0 Å². The molecule has 0 spiro atoms. The predicted octanol–water partition coefficient (Wildman–Crippen LogP) is 0.328. The topological polar surface area (TPSA) is 71.5 Å². The zero-order chi connectivity index (χ0) is 13.4. The normalized spacial score (nSPS) is 46.3. The minimum atomic E-state index is -3.32. The zero-order valence-corrected chi connectivity index (χ0v) is 11.2. The van der Waals surface area contributed by atoms with Crippen LogP contribution >= 0.6 is 0 Å². The first-order valence-corrected chi connectivity index (χ1v) is 8.49. The van der Waals surface area contributed by atoms with Crippen LogP contribution in [-0.4, -0.2) is 36.3 Å². The number of hydrogen-bond acceptors (Lipinski definition) is 4. The Hall–Kier alpha value is -1.17. The van der Waals surface area contributed by atoms with E-state index in [1.807, 2.05) is 12.2 Å². The number of likely N-dealkylation sites (tertiary alicyclic amines) is 1. The van der Waals surface area contributed by atoms with Gasteiger partial charge in [0.05, 0.1) is 17.6 Å². The van der Waals surface area contributed by atoms with Crippen LogP contribution in [0, 0.1) is 23.7 Å². The molecule has 3 fully saturated rings. The smallest absolute Gasteiger partial charge is 0.234 e. The Kier molecular flexibility index (Phi) is 2.13. The highest BCUT2D eigenvalue weighted by atomic mass is 32.2. The van der Waals surface area contributed by atoms with Gasteiger partial charge in [-0.2, -0.15) is 0 Å². The SMILES string of the molecule is O=C1[C@H]2[C@H](C(=O)N1[C@H]1CCCS1(=O)=O)[C@H]1C=C[C@H]2C1. The maximum atomic E-state index is 12.5. The van der Waals surface area contributed by atoms with Crippen LogP contribution in [0.25, 0.3) is 0 Å². The number of fused-ring (bicyclic) bond motifs is 5. The number of allylic oxidation sites excluding steroid dienone is 2. The van der Waals surface area contributed by atoms with Gasteiger partial charge in [0, 0.05) is 0 Å². The van der Waals surface area contributed by atoms with Crippen molar-refractivity contribution in [3.05, 3.63) is 12.2 Å². The summed E-state index contributed by atoms with van der Waals surface area (Å²) < 4.78 is 24.0. The van der Waals surface area contributed by atoms with Gasteiger partial charge >= 0.3 is 0 Å². The van der Waals surface area contributed by atoms with Gasteiger partial charge in [-0.1, -0.05) is 12.2 Å². The molecule has 2 saturated heterocycles. The second-order valence-electron chi connectivity index (χ2n) is 6.01. The van der Waals surface area contributed by atoms with Crippen molar-refractivity contribution in [2.45, 2.75) is 24.6 Å². The third kappa shape index (κ3) is 1.33. The number of carbonyl (C=O) groups is 2. The van der Waals surface area contributed by atoms with Crippen molar-refractivity contribution in [1.82, 2.24) is 4.90 Å². The summed E-state index contributed by atoms with van der Waals surface area (Å²) in [5.74, 6) is -0.711. The standard InChI is InChI=1S/C13H15NO4S/c15-12-10-7-3-4-8(6-7)11(10)13(16)14(12)9-2-1-5-19(9,17)18/h3-4,7-11H,1-2,5-6H2/t7-,8-,9+,10+,11+/m0/s1. The second kappa shape index (κ2) is 3.48. The lowest BCUT2D eigenvalue weighted by Crippen LogP contribution is -2.44. The Morgan fingerprint density at radius 2 is 1.63 bits per heavy atom. The Balaban J connectivity index is 1.73. The van der Waals surface area contributed by atoms with Crippen LogP contribution < -0.4 is 0 Å². The number of amides is 2. The van der Waals surface area contributed by atoms with Crippen LogP contribution in [0.2, 0.25) is 0 Å². The summed E-state index contributed by atoms with van der Waals surface area (Å²) in [5, 5.41) is -0.891. The molecule has 2 bridgehead atoms. The van der Waals surface area contributed by atoms with Gasteiger partial charge in [-0.05, 0) is 31.1 Å². The number of imide groups is 1. The van der Waals surface area contributed by atoms with Crippen LogP contribution in [0.3, 0.4) is 0 Å². The van der Waals surface area contributed by atoms with Gasteiger partial charge in [0.1, 0.15) is 5.37 Å². The van der Waals surface area contributed by atoms with Crippen molar-refractivity contribution in [2.24, 2.45) is 23.7 Å². The number of carbonyl (C=O) groups excluding carboxylic acids is 2. The first kappa shape index (κ1) is 11.6. The lowest BCUT2D eigenvalue weighted by molar-refractivity contribution is -0.141. The first-order chi connectivity index (χ1) is 9.00. The Morgan fingerprint density at radius 1 is 1.05 bits per heavy atom. The van der Waals surface area contributed by atoms with Crippen LogP contribution in [-0.2, 0) is 19.4 Å². The molecule has 5 nitrogen and oxygen atoms in total. The lowest BCUT2D eigenvalue weighted by atomic mass is 9.85. The van der Waals surface area contributed by atoms with E-state index in [1.54, 1.807) is 0 Å². The molecule has 2 aliphatic carbocycles. The number of nitrogens with zero attached hydrogens (tertiary/aromatic N) is 1. The minimum Gasteiger partial charge on any atom is -0.274 e. The molecule has 0 aromatic heterocycles. The summed E-state index contributed by atoms with van der Waals surface area (Å²) in [7, 11) is -3.32. The molecule has 102 valence electrons. The van der Waals surface area contributed by atoms with E-state index < -0.39 is 15.2 Å². The predicted molar refractivity (Wildman–Crippen MR) is 66.4 cm³/mol. The molecular formula is C13H15NO4S. The largest absolute Gasteiger partial charge is 0.274 e. The number of rotatable bonds is 1. The zero-order valence-electron chi connectivity index (χ0n) is 10.4. The molecule has 5 atom stereocenters. The van der Waals surface area contributed by atoms with Gasteiger partial charge in [0.15, 0.2) is 9.84 Å². The fourth-order valence-corrected chi connectivity index (χ4v) is 6.17. The number of hydrogen-bond donors (Lipinski definition) is 0. The average Bonchev–Trinajstić information content (AvgIpc) is 3.06. The second-order valence-corrected chi connectivity index (χ2v) is 8.29. The van der Waals surface area contributed by atoms with Crippen LogP contribution in [0.1, 0.15) is 19.3 Å². The molecular weight excluding hydrogens is 266 g/mol. The molecule has 4 rings (SSSR count). The highest BCUT2D eigenvalue weighted by molar-refractivity contribution is 7.92. The molecule has 2 heterocycles.